The minimum absolute atomic E-state index is 0.114. The largest absolute Gasteiger partial charge is 0.508 e. The summed E-state index contributed by atoms with van der Waals surface area (Å²) in [5, 5.41) is 10.4. The molecule has 0 amide bonds. The zero-order valence-electron chi connectivity index (χ0n) is 10.7. The normalized spacial score (nSPS) is 10.9. The smallest absolute Gasteiger partial charge is 0.200 e. The van der Waals surface area contributed by atoms with Gasteiger partial charge < -0.3 is 9.52 Å². The lowest BCUT2D eigenvalue weighted by Gasteiger charge is -2.05. The number of fused-ring (bicyclic) bond motifs is 1. The first-order chi connectivity index (χ1) is 9.56. The van der Waals surface area contributed by atoms with Crippen LogP contribution in [0.5, 0.6) is 5.75 Å². The van der Waals surface area contributed by atoms with Crippen LogP contribution in [0.2, 0.25) is 5.02 Å². The van der Waals surface area contributed by atoms with Crippen molar-refractivity contribution in [2.75, 3.05) is 0 Å². The maximum atomic E-state index is 12.5. The number of phenols is 1. The molecule has 0 bridgehead atoms. The minimum Gasteiger partial charge on any atom is -0.508 e. The third-order valence-electron chi connectivity index (χ3n) is 3.23. The van der Waals surface area contributed by atoms with Crippen LogP contribution >= 0.6 is 11.6 Å². The fourth-order valence-corrected chi connectivity index (χ4v) is 2.25. The lowest BCUT2D eigenvalue weighted by atomic mass is 10.0. The highest BCUT2D eigenvalue weighted by Crippen LogP contribution is 2.25. The van der Waals surface area contributed by atoms with E-state index in [0.717, 1.165) is 5.56 Å². The maximum Gasteiger partial charge on any atom is 0.200 e. The van der Waals surface area contributed by atoms with Gasteiger partial charge in [-0.05, 0) is 36.2 Å². The van der Waals surface area contributed by atoms with Crippen molar-refractivity contribution < 1.29 is 9.52 Å². The molecule has 0 aliphatic rings. The van der Waals surface area contributed by atoms with Crippen molar-refractivity contribution in [1.82, 2.24) is 0 Å². The number of halogens is 1. The van der Waals surface area contributed by atoms with Crippen molar-refractivity contribution in [2.45, 2.75) is 6.92 Å². The summed E-state index contributed by atoms with van der Waals surface area (Å²) in [5.74, 6) is 0.154. The summed E-state index contributed by atoms with van der Waals surface area (Å²) >= 11 is 6.02. The van der Waals surface area contributed by atoms with E-state index in [-0.39, 0.29) is 11.2 Å². The van der Waals surface area contributed by atoms with Crippen molar-refractivity contribution in [2.24, 2.45) is 0 Å². The molecule has 0 fully saturated rings. The molecule has 0 unspecified atom stereocenters. The SMILES string of the molecule is Cc1cc2c(=O)c(-c3ccc(O)cc3)coc2cc1Cl. The van der Waals surface area contributed by atoms with Gasteiger partial charge in [0.1, 0.15) is 17.6 Å². The topological polar surface area (TPSA) is 50.4 Å². The molecule has 0 spiro atoms. The Morgan fingerprint density at radius 3 is 2.55 bits per heavy atom. The molecular weight excluding hydrogens is 276 g/mol. The molecule has 1 N–H and O–H groups in total. The van der Waals surface area contributed by atoms with Gasteiger partial charge in [0.2, 0.25) is 5.43 Å². The lowest BCUT2D eigenvalue weighted by Crippen LogP contribution is -2.05. The molecular formula is C16H11ClO3. The third-order valence-corrected chi connectivity index (χ3v) is 3.64. The van der Waals surface area contributed by atoms with Crippen LogP contribution in [-0.4, -0.2) is 5.11 Å². The number of aromatic hydroxyl groups is 1. The summed E-state index contributed by atoms with van der Waals surface area (Å²) < 4.78 is 5.50. The molecule has 1 heterocycles. The predicted molar refractivity (Wildman–Crippen MR) is 79.3 cm³/mol. The van der Waals surface area contributed by atoms with Gasteiger partial charge in [-0.2, -0.15) is 0 Å². The predicted octanol–water partition coefficient (Wildman–Crippen LogP) is 4.13. The molecule has 100 valence electrons. The molecule has 1 aromatic heterocycles. The monoisotopic (exact) mass is 286 g/mol. The second-order valence-electron chi connectivity index (χ2n) is 4.62. The molecule has 0 saturated carbocycles. The van der Waals surface area contributed by atoms with Gasteiger partial charge in [0.05, 0.1) is 10.9 Å². The number of phenolic OH excluding ortho intramolecular Hbond substituents is 1. The average Bonchev–Trinajstić information content (AvgIpc) is 2.43. The van der Waals surface area contributed by atoms with Gasteiger partial charge in [-0.15, -0.1) is 0 Å². The fraction of sp³-hybridized carbons (Fsp3) is 0.0625. The highest BCUT2D eigenvalue weighted by atomic mass is 35.5. The fourth-order valence-electron chi connectivity index (χ4n) is 2.10. The first-order valence-corrected chi connectivity index (χ1v) is 6.45. The highest BCUT2D eigenvalue weighted by molar-refractivity contribution is 6.32. The van der Waals surface area contributed by atoms with E-state index >= 15 is 0 Å². The van der Waals surface area contributed by atoms with Gasteiger partial charge in [-0.3, -0.25) is 4.79 Å². The zero-order valence-corrected chi connectivity index (χ0v) is 11.4. The maximum absolute atomic E-state index is 12.5. The van der Waals surface area contributed by atoms with Crippen LogP contribution in [0.4, 0.5) is 0 Å². The average molecular weight is 287 g/mol. The van der Waals surface area contributed by atoms with E-state index in [2.05, 4.69) is 0 Å². The van der Waals surface area contributed by atoms with E-state index in [1.807, 2.05) is 6.92 Å². The Morgan fingerprint density at radius 1 is 1.15 bits per heavy atom. The number of hydrogen-bond acceptors (Lipinski definition) is 3. The van der Waals surface area contributed by atoms with E-state index in [4.69, 9.17) is 16.0 Å². The number of aryl methyl sites for hydroxylation is 1. The minimum atomic E-state index is -0.114. The third kappa shape index (κ3) is 2.06. The van der Waals surface area contributed by atoms with Crippen LogP contribution in [0.3, 0.4) is 0 Å². The number of benzene rings is 2. The summed E-state index contributed by atoms with van der Waals surface area (Å²) in [6.07, 6.45) is 1.42. The summed E-state index contributed by atoms with van der Waals surface area (Å²) in [6, 6.07) is 9.80. The Kier molecular flexibility index (Phi) is 2.99. The van der Waals surface area contributed by atoms with E-state index in [0.29, 0.717) is 27.1 Å². The standard InChI is InChI=1S/C16H11ClO3/c1-9-6-12-15(7-14(9)17)20-8-13(16(12)19)10-2-4-11(18)5-3-10/h2-8,18H,1H3. The molecule has 0 aliphatic heterocycles. The molecule has 0 aliphatic carbocycles. The first kappa shape index (κ1) is 12.8. The van der Waals surface area contributed by atoms with Crippen molar-refractivity contribution in [3.8, 4) is 16.9 Å². The van der Waals surface area contributed by atoms with E-state index in [1.165, 1.54) is 18.4 Å². The van der Waals surface area contributed by atoms with Gasteiger partial charge in [-0.25, -0.2) is 0 Å². The Balaban J connectivity index is 2.28. The second-order valence-corrected chi connectivity index (χ2v) is 5.03. The van der Waals surface area contributed by atoms with E-state index in [1.54, 1.807) is 24.3 Å². The quantitative estimate of drug-likeness (QED) is 0.732. The van der Waals surface area contributed by atoms with E-state index < -0.39 is 0 Å². The molecule has 0 saturated heterocycles. The van der Waals surface area contributed by atoms with Gasteiger partial charge in [0.15, 0.2) is 0 Å². The summed E-state index contributed by atoms with van der Waals surface area (Å²) in [6.45, 7) is 1.84. The molecule has 0 atom stereocenters. The second kappa shape index (κ2) is 4.69. The summed E-state index contributed by atoms with van der Waals surface area (Å²) in [4.78, 5) is 12.5. The molecule has 3 aromatic rings. The molecule has 0 radical (unpaired) electrons. The summed E-state index contributed by atoms with van der Waals surface area (Å²) in [7, 11) is 0. The van der Waals surface area contributed by atoms with Crippen molar-refractivity contribution in [1.29, 1.82) is 0 Å². The van der Waals surface area contributed by atoms with Crippen molar-refractivity contribution in [3.05, 3.63) is 63.5 Å². The molecule has 3 nitrogen and oxygen atoms in total. The van der Waals surface area contributed by atoms with Gasteiger partial charge in [0, 0.05) is 11.1 Å². The van der Waals surface area contributed by atoms with Crippen LogP contribution in [0.15, 0.2) is 51.9 Å². The summed E-state index contributed by atoms with van der Waals surface area (Å²) in [5.41, 5.74) is 2.34. The van der Waals surface area contributed by atoms with Gasteiger partial charge in [-0.1, -0.05) is 23.7 Å². The van der Waals surface area contributed by atoms with Crippen LogP contribution < -0.4 is 5.43 Å². The zero-order chi connectivity index (χ0) is 14.3. The van der Waals surface area contributed by atoms with Crippen LogP contribution in [-0.2, 0) is 0 Å². The Labute approximate surface area is 120 Å². The van der Waals surface area contributed by atoms with Crippen LogP contribution in [0.25, 0.3) is 22.1 Å². The number of hydrogen-bond donors (Lipinski definition) is 1. The number of rotatable bonds is 1. The van der Waals surface area contributed by atoms with Crippen LogP contribution in [0.1, 0.15) is 5.56 Å². The molecule has 4 heteroatoms. The van der Waals surface area contributed by atoms with Crippen LogP contribution in [0, 0.1) is 6.92 Å². The van der Waals surface area contributed by atoms with Crippen molar-refractivity contribution in [3.63, 3.8) is 0 Å². The molecule has 3 rings (SSSR count). The van der Waals surface area contributed by atoms with Gasteiger partial charge >= 0.3 is 0 Å². The molecule has 20 heavy (non-hydrogen) atoms. The van der Waals surface area contributed by atoms with Crippen molar-refractivity contribution >= 4 is 22.6 Å². The Bertz CT molecular complexity index is 848. The van der Waals surface area contributed by atoms with E-state index in [9.17, 15) is 9.90 Å². The first-order valence-electron chi connectivity index (χ1n) is 6.07. The van der Waals surface area contributed by atoms with Gasteiger partial charge in [0.25, 0.3) is 0 Å². The lowest BCUT2D eigenvalue weighted by molar-refractivity contribution is 0.475. The Morgan fingerprint density at radius 2 is 1.85 bits per heavy atom. The Hall–Kier alpha value is -2.26. The highest BCUT2D eigenvalue weighted by Gasteiger charge is 2.10. The molecule has 2 aromatic carbocycles.